The van der Waals surface area contributed by atoms with Gasteiger partial charge in [0.05, 0.1) is 24.3 Å². The second-order valence-corrected chi connectivity index (χ2v) is 20.2. The number of carboxylic acid groups (broad SMARTS) is 2. The first kappa shape index (κ1) is 44.8. The van der Waals surface area contributed by atoms with Gasteiger partial charge in [0.2, 0.25) is 0 Å². The van der Waals surface area contributed by atoms with Gasteiger partial charge in [0.25, 0.3) is 0 Å². The van der Waals surface area contributed by atoms with E-state index in [1.165, 1.54) is 103 Å². The first-order chi connectivity index (χ1) is 27.6. The van der Waals surface area contributed by atoms with Crippen LogP contribution in [0.4, 0.5) is 0 Å². The molecule has 0 aliphatic heterocycles. The van der Waals surface area contributed by atoms with Crippen LogP contribution in [0.25, 0.3) is 5.57 Å². The average Bonchev–Trinajstić information content (AvgIpc) is 3.54. The number of benzene rings is 2. The Morgan fingerprint density at radius 3 is 1.98 bits per heavy atom. The van der Waals surface area contributed by atoms with E-state index in [4.69, 9.17) is 32.7 Å². The number of nitrogens with one attached hydrogen (secondary N) is 1. The van der Waals surface area contributed by atoms with Crippen LogP contribution in [-0.2, 0) is 0 Å². The number of rotatable bonds is 17. The first-order valence-electron chi connectivity index (χ1n) is 22.3. The molecule has 7 nitrogen and oxygen atoms in total. The Morgan fingerprint density at radius 2 is 1.40 bits per heavy atom. The summed E-state index contributed by atoms with van der Waals surface area (Å²) in [5.41, 5.74) is 2.55. The van der Waals surface area contributed by atoms with E-state index in [0.717, 1.165) is 60.8 Å². The SMILES string of the molecule is COc1c(Cl)cc(C(=CCCCCN[C@H]2CC[C@]3(C)C4CC[C@@]5(C)C(CC[C@@H]5C(C)CCCC(C)C)C4CC[C@H]3C2)c2cc(Cl)c(OC)c(C(=O)O)c2)cc1C(=O)O. The molecule has 4 saturated carbocycles. The molecule has 320 valence electrons. The lowest BCUT2D eigenvalue weighted by Gasteiger charge is -2.61. The molecule has 4 unspecified atom stereocenters. The molecule has 2 aromatic rings. The normalized spacial score (nSPS) is 29.6. The molecule has 0 aromatic heterocycles. The van der Waals surface area contributed by atoms with Crippen molar-refractivity contribution in [3.05, 3.63) is 62.6 Å². The monoisotopic (exact) mass is 837 g/mol. The molecule has 9 heteroatoms. The van der Waals surface area contributed by atoms with Gasteiger partial charge in [0.15, 0.2) is 11.5 Å². The molecule has 58 heavy (non-hydrogen) atoms. The van der Waals surface area contributed by atoms with E-state index in [9.17, 15) is 19.8 Å². The number of ether oxygens (including phenoxy) is 2. The van der Waals surface area contributed by atoms with Gasteiger partial charge >= 0.3 is 11.9 Å². The third-order valence-corrected chi connectivity index (χ3v) is 16.4. The number of allylic oxidation sites excluding steroid dienone is 1. The van der Waals surface area contributed by atoms with Crippen LogP contribution in [0.2, 0.25) is 10.0 Å². The second kappa shape index (κ2) is 18.9. The molecule has 4 aliphatic carbocycles. The van der Waals surface area contributed by atoms with Crippen molar-refractivity contribution in [3.63, 3.8) is 0 Å². The van der Waals surface area contributed by atoms with Crippen LogP contribution in [0.1, 0.15) is 163 Å². The molecule has 0 heterocycles. The highest BCUT2D eigenvalue weighted by Gasteiger charge is 2.60. The van der Waals surface area contributed by atoms with Crippen LogP contribution >= 0.6 is 23.2 Å². The fourth-order valence-corrected chi connectivity index (χ4v) is 13.5. The van der Waals surface area contributed by atoms with Crippen molar-refractivity contribution in [1.82, 2.24) is 5.32 Å². The minimum absolute atomic E-state index is 0.0694. The summed E-state index contributed by atoms with van der Waals surface area (Å²) < 4.78 is 10.6. The Balaban J connectivity index is 1.07. The zero-order valence-corrected chi connectivity index (χ0v) is 37.6. The summed E-state index contributed by atoms with van der Waals surface area (Å²) in [6, 6.07) is 6.88. The molecule has 4 aliphatic rings. The predicted octanol–water partition coefficient (Wildman–Crippen LogP) is 13.1. The quantitative estimate of drug-likeness (QED) is 0.136. The molecule has 6 rings (SSSR count). The fraction of sp³-hybridized carbons (Fsp3) is 0.673. The van der Waals surface area contributed by atoms with Crippen LogP contribution in [0, 0.1) is 52.3 Å². The maximum absolute atomic E-state index is 12.2. The standard InChI is InChI=1S/C49H69Cl2NO6/c1-29(2)12-11-13-30(3)39-17-18-40-36-16-15-33-28-34(19-21-48(33,4)41(36)20-22-49(39,40)5)52-23-10-8-9-14-35(31-24-37(46(53)54)44(57-6)42(50)26-31)32-25-38(47(55)56)45(58-7)43(51)27-32/h14,24-27,29-30,33-34,36,39-41,52H,8-13,15-23,28H2,1-7H3,(H,53,54)(H,55,56)/t30?,33-,34-,36?,39+,40?,41?,48-,49+/m0/s1. The summed E-state index contributed by atoms with van der Waals surface area (Å²) >= 11 is 13.1. The summed E-state index contributed by atoms with van der Waals surface area (Å²) in [5.74, 6) is 3.91. The molecule has 0 amide bonds. The third-order valence-electron chi connectivity index (χ3n) is 15.9. The van der Waals surface area contributed by atoms with Crippen molar-refractivity contribution in [1.29, 1.82) is 0 Å². The van der Waals surface area contributed by atoms with Crippen molar-refractivity contribution in [2.75, 3.05) is 20.8 Å². The molecule has 0 bridgehead atoms. The number of fused-ring (bicyclic) bond motifs is 5. The highest BCUT2D eigenvalue weighted by Crippen LogP contribution is 2.68. The average molecular weight is 839 g/mol. The van der Waals surface area contributed by atoms with Crippen molar-refractivity contribution >= 4 is 40.7 Å². The highest BCUT2D eigenvalue weighted by molar-refractivity contribution is 6.33. The van der Waals surface area contributed by atoms with E-state index in [1.807, 2.05) is 6.08 Å². The first-order valence-corrected chi connectivity index (χ1v) is 23.0. The van der Waals surface area contributed by atoms with Crippen LogP contribution in [0.15, 0.2) is 30.3 Å². The van der Waals surface area contributed by atoms with Gasteiger partial charge in [-0.2, -0.15) is 0 Å². The Morgan fingerprint density at radius 1 is 0.793 bits per heavy atom. The second-order valence-electron chi connectivity index (χ2n) is 19.4. The maximum Gasteiger partial charge on any atom is 0.339 e. The molecule has 3 N–H and O–H groups in total. The fourth-order valence-electron chi connectivity index (χ4n) is 12.9. The molecule has 0 radical (unpaired) electrons. The van der Waals surface area contributed by atoms with Crippen LogP contribution in [0.3, 0.4) is 0 Å². The van der Waals surface area contributed by atoms with E-state index in [2.05, 4.69) is 39.9 Å². The number of hydrogen-bond acceptors (Lipinski definition) is 5. The summed E-state index contributed by atoms with van der Waals surface area (Å²) in [4.78, 5) is 24.4. The lowest BCUT2D eigenvalue weighted by molar-refractivity contribution is -0.118. The molecule has 9 atom stereocenters. The molecule has 2 aromatic carbocycles. The van der Waals surface area contributed by atoms with Gasteiger partial charge in [-0.15, -0.1) is 0 Å². The van der Waals surface area contributed by atoms with Crippen molar-refractivity contribution < 1.29 is 29.3 Å². The number of methoxy groups -OCH3 is 2. The van der Waals surface area contributed by atoms with E-state index >= 15 is 0 Å². The van der Waals surface area contributed by atoms with E-state index < -0.39 is 11.9 Å². The lowest BCUT2D eigenvalue weighted by Crippen LogP contribution is -2.55. The van der Waals surface area contributed by atoms with E-state index in [-0.39, 0.29) is 32.7 Å². The minimum atomic E-state index is -1.18. The van der Waals surface area contributed by atoms with Crippen molar-refractivity contribution in [3.8, 4) is 11.5 Å². The van der Waals surface area contributed by atoms with Gasteiger partial charge < -0.3 is 25.0 Å². The lowest BCUT2D eigenvalue weighted by atomic mass is 9.44. The molecular weight excluding hydrogens is 769 g/mol. The van der Waals surface area contributed by atoms with Gasteiger partial charge in [-0.25, -0.2) is 9.59 Å². The van der Waals surface area contributed by atoms with Crippen LogP contribution in [-0.4, -0.2) is 49.0 Å². The summed E-state index contributed by atoms with van der Waals surface area (Å²) in [7, 11) is 2.76. The predicted molar refractivity (Wildman–Crippen MR) is 236 cm³/mol. The number of unbranched alkanes of at least 4 members (excludes halogenated alkanes) is 2. The maximum atomic E-state index is 12.2. The van der Waals surface area contributed by atoms with E-state index in [1.54, 1.807) is 12.1 Å². The Bertz CT molecular complexity index is 1750. The highest BCUT2D eigenvalue weighted by atomic mass is 35.5. The van der Waals surface area contributed by atoms with E-state index in [0.29, 0.717) is 40.0 Å². The van der Waals surface area contributed by atoms with Crippen molar-refractivity contribution in [2.45, 2.75) is 137 Å². The number of carboxylic acids is 2. The topological polar surface area (TPSA) is 105 Å². The van der Waals surface area contributed by atoms with Crippen LogP contribution < -0.4 is 14.8 Å². The molecule has 0 spiro atoms. The summed E-state index contributed by atoms with van der Waals surface area (Å²) in [6.45, 7) is 13.7. The Labute approximate surface area is 358 Å². The number of hydrogen-bond donors (Lipinski definition) is 3. The van der Waals surface area contributed by atoms with Crippen LogP contribution in [0.5, 0.6) is 11.5 Å². The number of aromatic carboxylic acids is 2. The van der Waals surface area contributed by atoms with Gasteiger partial charge in [-0.3, -0.25) is 0 Å². The van der Waals surface area contributed by atoms with Gasteiger partial charge in [-0.1, -0.05) is 83.2 Å². The Hall–Kier alpha value is -2.74. The minimum Gasteiger partial charge on any atom is -0.494 e. The van der Waals surface area contributed by atoms with Gasteiger partial charge in [0, 0.05) is 6.04 Å². The smallest absolute Gasteiger partial charge is 0.339 e. The zero-order valence-electron chi connectivity index (χ0n) is 36.1. The van der Waals surface area contributed by atoms with Gasteiger partial charge in [-0.05, 0) is 177 Å². The third kappa shape index (κ3) is 9.12. The largest absolute Gasteiger partial charge is 0.494 e. The van der Waals surface area contributed by atoms with Crippen molar-refractivity contribution in [2.24, 2.45) is 52.3 Å². The molecule has 4 fully saturated rings. The molecule has 0 saturated heterocycles. The van der Waals surface area contributed by atoms with Gasteiger partial charge in [0.1, 0.15) is 11.1 Å². The zero-order chi connectivity index (χ0) is 41.9. The summed E-state index contributed by atoms with van der Waals surface area (Å²) in [6.07, 6.45) is 21.3. The summed E-state index contributed by atoms with van der Waals surface area (Å²) in [5, 5.41) is 24.2. The number of halogens is 2. The molecular formula is C49H69Cl2NO6. The number of carbonyl (C=O) groups is 2. The Kier molecular flexibility index (Phi) is 14.6.